The number of hydrogen-bond donors (Lipinski definition) is 2. The highest BCUT2D eigenvalue weighted by molar-refractivity contribution is 6.32. The van der Waals surface area contributed by atoms with E-state index in [1.165, 1.54) is 19.7 Å². The standard InChI is InChI=1S/C13H20ClN3O2/c1-9-4-3-5-13(18,6-9)8-16-11-10(14)7-15-12(17-11)19-2/h7,9,18H,3-6,8H2,1-2H3,(H,15,16,17). The van der Waals surface area contributed by atoms with Gasteiger partial charge in [0.25, 0.3) is 0 Å². The van der Waals surface area contributed by atoms with Crippen molar-refractivity contribution in [1.82, 2.24) is 9.97 Å². The van der Waals surface area contributed by atoms with Gasteiger partial charge in [0.2, 0.25) is 0 Å². The molecule has 1 aliphatic rings. The van der Waals surface area contributed by atoms with E-state index in [2.05, 4.69) is 22.2 Å². The number of rotatable bonds is 4. The van der Waals surface area contributed by atoms with E-state index in [9.17, 15) is 5.11 Å². The molecule has 2 atom stereocenters. The Labute approximate surface area is 118 Å². The molecule has 0 aliphatic heterocycles. The molecule has 6 heteroatoms. The van der Waals surface area contributed by atoms with Gasteiger partial charge in [0, 0.05) is 6.54 Å². The molecule has 0 amide bonds. The van der Waals surface area contributed by atoms with Crippen molar-refractivity contribution < 1.29 is 9.84 Å². The fourth-order valence-electron chi connectivity index (χ4n) is 2.61. The highest BCUT2D eigenvalue weighted by Crippen LogP contribution is 2.32. The first-order valence-electron chi connectivity index (χ1n) is 6.55. The van der Waals surface area contributed by atoms with Crippen molar-refractivity contribution >= 4 is 17.4 Å². The predicted octanol–water partition coefficient (Wildman–Crippen LogP) is 2.49. The highest BCUT2D eigenvalue weighted by Gasteiger charge is 2.32. The Balaban J connectivity index is 2.01. The summed E-state index contributed by atoms with van der Waals surface area (Å²) in [6.07, 6.45) is 5.35. The lowest BCUT2D eigenvalue weighted by atomic mass is 9.79. The SMILES string of the molecule is COc1ncc(Cl)c(NCC2(O)CCCC(C)C2)n1. The van der Waals surface area contributed by atoms with Crippen LogP contribution < -0.4 is 10.1 Å². The maximum absolute atomic E-state index is 10.5. The van der Waals surface area contributed by atoms with E-state index < -0.39 is 5.60 Å². The van der Waals surface area contributed by atoms with Gasteiger partial charge in [-0.25, -0.2) is 4.98 Å². The molecule has 2 rings (SSSR count). The summed E-state index contributed by atoms with van der Waals surface area (Å²) in [4.78, 5) is 8.05. The fraction of sp³-hybridized carbons (Fsp3) is 0.692. The van der Waals surface area contributed by atoms with Crippen LogP contribution in [0.5, 0.6) is 6.01 Å². The quantitative estimate of drug-likeness (QED) is 0.890. The van der Waals surface area contributed by atoms with E-state index in [1.54, 1.807) is 0 Å². The van der Waals surface area contributed by atoms with Crippen LogP contribution in [0.4, 0.5) is 5.82 Å². The molecule has 1 aromatic heterocycles. The zero-order valence-electron chi connectivity index (χ0n) is 11.3. The van der Waals surface area contributed by atoms with Gasteiger partial charge in [0.15, 0.2) is 5.82 Å². The lowest BCUT2D eigenvalue weighted by Gasteiger charge is -2.35. The molecule has 0 aromatic carbocycles. The molecule has 0 saturated heterocycles. The molecule has 106 valence electrons. The minimum Gasteiger partial charge on any atom is -0.467 e. The van der Waals surface area contributed by atoms with Crippen molar-refractivity contribution in [2.75, 3.05) is 19.0 Å². The maximum Gasteiger partial charge on any atom is 0.318 e. The zero-order valence-corrected chi connectivity index (χ0v) is 12.1. The van der Waals surface area contributed by atoms with Gasteiger partial charge in [0.1, 0.15) is 5.02 Å². The van der Waals surface area contributed by atoms with E-state index in [-0.39, 0.29) is 6.01 Å². The minimum atomic E-state index is -0.681. The third-order valence-electron chi connectivity index (χ3n) is 3.56. The first-order chi connectivity index (χ1) is 9.02. The van der Waals surface area contributed by atoms with E-state index in [1.807, 2.05) is 0 Å². The molecule has 1 aliphatic carbocycles. The van der Waals surface area contributed by atoms with Gasteiger partial charge in [0.05, 0.1) is 18.9 Å². The summed E-state index contributed by atoms with van der Waals surface area (Å²) in [6.45, 7) is 2.61. The third kappa shape index (κ3) is 3.70. The molecule has 19 heavy (non-hydrogen) atoms. The number of methoxy groups -OCH3 is 1. The van der Waals surface area contributed by atoms with Crippen LogP contribution in [0.15, 0.2) is 6.20 Å². The van der Waals surface area contributed by atoms with Crippen molar-refractivity contribution in [3.05, 3.63) is 11.2 Å². The van der Waals surface area contributed by atoms with Gasteiger partial charge in [-0.3, -0.25) is 0 Å². The topological polar surface area (TPSA) is 67.3 Å². The molecule has 1 aromatic rings. The Bertz CT molecular complexity index is 444. The Morgan fingerprint density at radius 2 is 2.42 bits per heavy atom. The molecule has 1 fully saturated rings. The van der Waals surface area contributed by atoms with Crippen LogP contribution in [-0.2, 0) is 0 Å². The van der Waals surface area contributed by atoms with Crippen LogP contribution in [0, 0.1) is 5.92 Å². The number of halogens is 1. The third-order valence-corrected chi connectivity index (χ3v) is 3.83. The molecule has 0 spiro atoms. The van der Waals surface area contributed by atoms with E-state index in [0.29, 0.717) is 23.3 Å². The Hall–Kier alpha value is -1.07. The number of aromatic nitrogens is 2. The van der Waals surface area contributed by atoms with Gasteiger partial charge in [-0.2, -0.15) is 4.98 Å². The molecule has 1 saturated carbocycles. The number of nitrogens with one attached hydrogen (secondary N) is 1. The zero-order chi connectivity index (χ0) is 13.9. The first kappa shape index (κ1) is 14.3. The molecule has 1 heterocycles. The number of nitrogens with zero attached hydrogens (tertiary/aromatic N) is 2. The molecule has 5 nitrogen and oxygen atoms in total. The normalized spacial score (nSPS) is 27.1. The second-order valence-corrected chi connectivity index (χ2v) is 5.74. The molecular weight excluding hydrogens is 266 g/mol. The summed E-state index contributed by atoms with van der Waals surface area (Å²) in [7, 11) is 1.50. The van der Waals surface area contributed by atoms with Crippen LogP contribution in [0.25, 0.3) is 0 Å². The largest absolute Gasteiger partial charge is 0.467 e. The average molecular weight is 286 g/mol. The molecule has 2 unspecified atom stereocenters. The van der Waals surface area contributed by atoms with Gasteiger partial charge >= 0.3 is 6.01 Å². The first-order valence-corrected chi connectivity index (χ1v) is 6.93. The summed E-state index contributed by atoms with van der Waals surface area (Å²) < 4.78 is 4.96. The second kappa shape index (κ2) is 5.92. The van der Waals surface area contributed by atoms with Gasteiger partial charge in [-0.1, -0.05) is 31.4 Å². The lowest BCUT2D eigenvalue weighted by molar-refractivity contribution is -0.000836. The fourth-order valence-corrected chi connectivity index (χ4v) is 2.77. The van der Waals surface area contributed by atoms with Crippen LogP contribution >= 0.6 is 11.6 Å². The smallest absolute Gasteiger partial charge is 0.318 e. The number of aliphatic hydroxyl groups is 1. The average Bonchev–Trinajstić information content (AvgIpc) is 2.37. The lowest BCUT2D eigenvalue weighted by Crippen LogP contribution is -2.41. The van der Waals surface area contributed by atoms with Crippen molar-refractivity contribution in [1.29, 1.82) is 0 Å². The molecule has 0 radical (unpaired) electrons. The van der Waals surface area contributed by atoms with Crippen LogP contribution in [-0.4, -0.2) is 34.3 Å². The summed E-state index contributed by atoms with van der Waals surface area (Å²) in [6, 6.07) is 0.260. The maximum atomic E-state index is 10.5. The predicted molar refractivity (Wildman–Crippen MR) is 74.7 cm³/mol. The minimum absolute atomic E-state index is 0.260. The van der Waals surface area contributed by atoms with Crippen molar-refractivity contribution in [2.24, 2.45) is 5.92 Å². The van der Waals surface area contributed by atoms with E-state index >= 15 is 0 Å². The van der Waals surface area contributed by atoms with Gasteiger partial charge in [-0.05, 0) is 18.8 Å². The summed E-state index contributed by atoms with van der Waals surface area (Å²) >= 11 is 6.02. The van der Waals surface area contributed by atoms with Crippen molar-refractivity contribution in [2.45, 2.75) is 38.2 Å². The van der Waals surface area contributed by atoms with Crippen LogP contribution in [0.2, 0.25) is 5.02 Å². The molecular formula is C13H20ClN3O2. The number of anilines is 1. The molecule has 0 bridgehead atoms. The summed E-state index contributed by atoms with van der Waals surface area (Å²) in [5.74, 6) is 1.05. The monoisotopic (exact) mass is 285 g/mol. The van der Waals surface area contributed by atoms with Gasteiger partial charge in [-0.15, -0.1) is 0 Å². The Morgan fingerprint density at radius 1 is 1.63 bits per heavy atom. The summed E-state index contributed by atoms with van der Waals surface area (Å²) in [5, 5.41) is 14.1. The summed E-state index contributed by atoms with van der Waals surface area (Å²) in [5.41, 5.74) is -0.681. The highest BCUT2D eigenvalue weighted by atomic mass is 35.5. The van der Waals surface area contributed by atoms with Crippen LogP contribution in [0.3, 0.4) is 0 Å². The van der Waals surface area contributed by atoms with E-state index in [0.717, 1.165) is 19.3 Å². The Kier molecular flexibility index (Phi) is 4.47. The second-order valence-electron chi connectivity index (χ2n) is 5.33. The van der Waals surface area contributed by atoms with Crippen LogP contribution in [0.1, 0.15) is 32.6 Å². The van der Waals surface area contributed by atoms with Crippen molar-refractivity contribution in [3.8, 4) is 6.01 Å². The number of hydrogen-bond acceptors (Lipinski definition) is 5. The van der Waals surface area contributed by atoms with E-state index in [4.69, 9.17) is 16.3 Å². The Morgan fingerprint density at radius 3 is 3.11 bits per heavy atom. The number of ether oxygens (including phenoxy) is 1. The molecule has 2 N–H and O–H groups in total. The van der Waals surface area contributed by atoms with Crippen molar-refractivity contribution in [3.63, 3.8) is 0 Å². The van der Waals surface area contributed by atoms with Gasteiger partial charge < -0.3 is 15.2 Å².